The van der Waals surface area contributed by atoms with Crippen LogP contribution >= 0.6 is 0 Å². The minimum absolute atomic E-state index is 0.499. The molecule has 144 valence electrons. The van der Waals surface area contributed by atoms with E-state index >= 15 is 0 Å². The maximum absolute atomic E-state index is 4.49. The Morgan fingerprint density at radius 1 is 1.07 bits per heavy atom. The largest absolute Gasteiger partial charge is 0.316 e. The average molecular weight is 368 g/mol. The molecule has 1 aliphatic heterocycles. The Bertz CT molecular complexity index is 839. The van der Waals surface area contributed by atoms with Crippen LogP contribution in [0.2, 0.25) is 0 Å². The van der Waals surface area contributed by atoms with E-state index in [1.54, 1.807) is 6.20 Å². The summed E-state index contributed by atoms with van der Waals surface area (Å²) in [6.45, 7) is 7.14. The van der Waals surface area contributed by atoms with Crippen LogP contribution in [0.1, 0.15) is 42.4 Å². The summed E-state index contributed by atoms with van der Waals surface area (Å²) in [5.74, 6) is 2.58. The van der Waals surface area contributed by atoms with Gasteiger partial charge < -0.3 is 9.47 Å². The second-order valence-corrected chi connectivity index (χ2v) is 7.49. The Kier molecular flexibility index (Phi) is 5.33. The van der Waals surface area contributed by atoms with Gasteiger partial charge in [-0.3, -0.25) is 9.36 Å². The van der Waals surface area contributed by atoms with Crippen molar-refractivity contribution in [3.8, 4) is 0 Å². The van der Waals surface area contributed by atoms with E-state index in [0.29, 0.717) is 12.5 Å². The second-order valence-electron chi connectivity index (χ2n) is 7.49. The van der Waals surface area contributed by atoms with Crippen LogP contribution in [-0.4, -0.2) is 58.9 Å². The molecule has 3 aromatic heterocycles. The molecule has 8 heteroatoms. The van der Waals surface area contributed by atoms with Gasteiger partial charge in [0, 0.05) is 38.1 Å². The predicted octanol–water partition coefficient (Wildman–Crippen LogP) is 1.83. The average Bonchev–Trinajstić information content (AvgIpc) is 3.40. The zero-order chi connectivity index (χ0) is 18.6. The number of aryl methyl sites for hydroxylation is 2. The summed E-state index contributed by atoms with van der Waals surface area (Å²) in [6.07, 6.45) is 11.2. The van der Waals surface area contributed by atoms with Crippen LogP contribution in [0.3, 0.4) is 0 Å². The van der Waals surface area contributed by atoms with Crippen LogP contribution < -0.4 is 0 Å². The number of nitrogens with zero attached hydrogens (tertiary/aromatic N) is 8. The highest BCUT2D eigenvalue weighted by Crippen LogP contribution is 2.27. The molecule has 0 saturated carbocycles. The third-order valence-corrected chi connectivity index (χ3v) is 5.44. The van der Waals surface area contributed by atoms with Gasteiger partial charge in [0.15, 0.2) is 5.82 Å². The SMILES string of the molecule is Cc1cnn(CCCN2CCC(c3nnc(Cn4cccn4)n3C)CC2)c1. The predicted molar refractivity (Wildman–Crippen MR) is 102 cm³/mol. The van der Waals surface area contributed by atoms with Crippen LogP contribution in [0.4, 0.5) is 0 Å². The lowest BCUT2D eigenvalue weighted by atomic mass is 9.96. The first-order valence-electron chi connectivity index (χ1n) is 9.76. The minimum Gasteiger partial charge on any atom is -0.316 e. The van der Waals surface area contributed by atoms with Crippen LogP contribution in [0.15, 0.2) is 30.9 Å². The van der Waals surface area contributed by atoms with E-state index in [2.05, 4.69) is 50.0 Å². The second kappa shape index (κ2) is 8.04. The maximum atomic E-state index is 4.49. The normalized spacial score (nSPS) is 16.2. The van der Waals surface area contributed by atoms with E-state index in [1.807, 2.05) is 27.8 Å². The van der Waals surface area contributed by atoms with Gasteiger partial charge in [0.2, 0.25) is 0 Å². The Labute approximate surface area is 159 Å². The van der Waals surface area contributed by atoms with Crippen molar-refractivity contribution >= 4 is 0 Å². The van der Waals surface area contributed by atoms with E-state index in [0.717, 1.165) is 57.1 Å². The number of hydrogen-bond donors (Lipinski definition) is 0. The summed E-state index contributed by atoms with van der Waals surface area (Å²) >= 11 is 0. The number of rotatable bonds is 7. The van der Waals surface area contributed by atoms with Gasteiger partial charge >= 0.3 is 0 Å². The molecule has 4 heterocycles. The zero-order valence-corrected chi connectivity index (χ0v) is 16.2. The lowest BCUT2D eigenvalue weighted by Gasteiger charge is -2.31. The molecule has 0 aromatic carbocycles. The van der Waals surface area contributed by atoms with Crippen molar-refractivity contribution in [3.63, 3.8) is 0 Å². The van der Waals surface area contributed by atoms with Crippen molar-refractivity contribution in [3.05, 3.63) is 48.1 Å². The first-order valence-corrected chi connectivity index (χ1v) is 9.76. The molecular weight excluding hydrogens is 340 g/mol. The smallest absolute Gasteiger partial charge is 0.154 e. The monoisotopic (exact) mass is 368 g/mol. The van der Waals surface area contributed by atoms with Crippen molar-refractivity contribution < 1.29 is 0 Å². The first-order chi connectivity index (χ1) is 13.2. The molecule has 0 spiro atoms. The van der Waals surface area contributed by atoms with Gasteiger partial charge in [-0.05, 0) is 57.5 Å². The lowest BCUT2D eigenvalue weighted by molar-refractivity contribution is 0.202. The van der Waals surface area contributed by atoms with Crippen LogP contribution in [0.25, 0.3) is 0 Å². The molecule has 0 atom stereocenters. The summed E-state index contributed by atoms with van der Waals surface area (Å²) in [6, 6.07) is 1.93. The number of piperidine rings is 1. The molecule has 0 radical (unpaired) electrons. The maximum Gasteiger partial charge on any atom is 0.154 e. The number of hydrogen-bond acceptors (Lipinski definition) is 5. The van der Waals surface area contributed by atoms with E-state index in [1.165, 1.54) is 5.56 Å². The Balaban J connectivity index is 1.26. The van der Waals surface area contributed by atoms with Crippen molar-refractivity contribution in [1.82, 2.24) is 39.2 Å². The summed E-state index contributed by atoms with van der Waals surface area (Å²) in [5.41, 5.74) is 1.23. The summed E-state index contributed by atoms with van der Waals surface area (Å²) in [7, 11) is 2.08. The van der Waals surface area contributed by atoms with Crippen molar-refractivity contribution in [2.24, 2.45) is 7.05 Å². The van der Waals surface area contributed by atoms with Crippen molar-refractivity contribution in [1.29, 1.82) is 0 Å². The molecule has 0 amide bonds. The molecule has 1 saturated heterocycles. The van der Waals surface area contributed by atoms with Crippen LogP contribution in [-0.2, 0) is 20.1 Å². The lowest BCUT2D eigenvalue weighted by Crippen LogP contribution is -2.34. The molecule has 3 aromatic rings. The first kappa shape index (κ1) is 17.9. The van der Waals surface area contributed by atoms with Gasteiger partial charge in [0.05, 0.1) is 6.20 Å². The fraction of sp³-hybridized carbons (Fsp3) is 0.579. The van der Waals surface area contributed by atoms with Crippen LogP contribution in [0, 0.1) is 6.92 Å². The fourth-order valence-corrected chi connectivity index (χ4v) is 3.87. The minimum atomic E-state index is 0.499. The highest BCUT2D eigenvalue weighted by atomic mass is 15.3. The topological polar surface area (TPSA) is 69.6 Å². The molecule has 0 N–H and O–H groups in total. The van der Waals surface area contributed by atoms with Gasteiger partial charge in [-0.2, -0.15) is 10.2 Å². The summed E-state index contributed by atoms with van der Waals surface area (Å²) in [5, 5.41) is 17.5. The molecule has 8 nitrogen and oxygen atoms in total. The number of aromatic nitrogens is 7. The third-order valence-electron chi connectivity index (χ3n) is 5.44. The standard InChI is InChI=1S/C19H28N8/c1-16-13-21-26(14-16)10-4-8-25-11-5-17(6-12-25)19-23-22-18(24(19)2)15-27-9-3-7-20-27/h3,7,9,13-14,17H,4-6,8,10-12,15H2,1-2H3. The zero-order valence-electron chi connectivity index (χ0n) is 16.2. The van der Waals surface area contributed by atoms with Gasteiger partial charge in [0.25, 0.3) is 0 Å². The Hall–Kier alpha value is -2.48. The van der Waals surface area contributed by atoms with Gasteiger partial charge in [-0.1, -0.05) is 0 Å². The molecule has 27 heavy (non-hydrogen) atoms. The van der Waals surface area contributed by atoms with Crippen LogP contribution in [0.5, 0.6) is 0 Å². The summed E-state index contributed by atoms with van der Waals surface area (Å²) < 4.78 is 6.09. The van der Waals surface area contributed by atoms with Gasteiger partial charge in [-0.25, -0.2) is 0 Å². The highest BCUT2D eigenvalue weighted by Gasteiger charge is 2.25. The van der Waals surface area contributed by atoms with Gasteiger partial charge in [-0.15, -0.1) is 10.2 Å². The van der Waals surface area contributed by atoms with E-state index < -0.39 is 0 Å². The van der Waals surface area contributed by atoms with Crippen molar-refractivity contribution in [2.45, 2.75) is 45.2 Å². The molecule has 0 unspecified atom stereocenters. The van der Waals surface area contributed by atoms with E-state index in [9.17, 15) is 0 Å². The quantitative estimate of drug-likeness (QED) is 0.636. The number of likely N-dealkylation sites (tertiary alicyclic amines) is 1. The fourth-order valence-electron chi connectivity index (χ4n) is 3.87. The molecule has 0 aliphatic carbocycles. The van der Waals surface area contributed by atoms with E-state index in [4.69, 9.17) is 0 Å². The Morgan fingerprint density at radius 2 is 1.93 bits per heavy atom. The Morgan fingerprint density at radius 3 is 2.63 bits per heavy atom. The summed E-state index contributed by atoms with van der Waals surface area (Å²) in [4.78, 5) is 2.56. The van der Waals surface area contributed by atoms with Crippen molar-refractivity contribution in [2.75, 3.05) is 19.6 Å². The van der Waals surface area contributed by atoms with E-state index in [-0.39, 0.29) is 0 Å². The molecule has 1 aliphatic rings. The molecule has 4 rings (SSSR count). The molecule has 1 fully saturated rings. The molecular formula is C19H28N8. The molecule has 0 bridgehead atoms. The highest BCUT2D eigenvalue weighted by molar-refractivity contribution is 5.04. The third kappa shape index (κ3) is 4.27. The van der Waals surface area contributed by atoms with Gasteiger partial charge in [0.1, 0.15) is 12.4 Å².